The normalized spacial score (nSPS) is 20.4. The van der Waals surface area contributed by atoms with Gasteiger partial charge in [0.05, 0.1) is 18.1 Å². The molecule has 0 aromatic carbocycles. The molecule has 1 aromatic heterocycles. The molecule has 1 saturated heterocycles. The Morgan fingerprint density at radius 1 is 1.62 bits per heavy atom. The molecule has 0 radical (unpaired) electrons. The molecule has 0 bridgehead atoms. The second kappa shape index (κ2) is 5.32. The van der Waals surface area contributed by atoms with Crippen LogP contribution in [0.4, 0.5) is 0 Å². The van der Waals surface area contributed by atoms with Crippen molar-refractivity contribution in [3.8, 4) is 0 Å². The van der Waals surface area contributed by atoms with Crippen LogP contribution in [0.25, 0.3) is 0 Å². The maximum Gasteiger partial charge on any atom is 0.233 e. The molecule has 0 spiro atoms. The first-order chi connectivity index (χ1) is 7.83. The van der Waals surface area contributed by atoms with E-state index in [2.05, 4.69) is 4.98 Å². The second-order valence-corrected chi connectivity index (χ2v) is 4.57. The highest BCUT2D eigenvalue weighted by atomic mass is 32.2. The molecule has 0 aliphatic carbocycles. The molecular weight excluding hydrogens is 224 g/mol. The molecule has 16 heavy (non-hydrogen) atoms. The zero-order valence-electron chi connectivity index (χ0n) is 9.13. The number of nitrogens with zero attached hydrogens (tertiary/aromatic N) is 2. The van der Waals surface area contributed by atoms with Crippen LogP contribution < -0.4 is 0 Å². The van der Waals surface area contributed by atoms with Crippen molar-refractivity contribution >= 4 is 17.7 Å². The number of methoxy groups -OCH3 is 1. The fourth-order valence-corrected chi connectivity index (χ4v) is 2.83. The molecule has 1 amide bonds. The Balaban J connectivity index is 2.11. The van der Waals surface area contributed by atoms with Gasteiger partial charge in [-0.15, -0.1) is 11.8 Å². The Kier molecular flexibility index (Phi) is 3.79. The van der Waals surface area contributed by atoms with Crippen LogP contribution in [-0.2, 0) is 9.53 Å². The van der Waals surface area contributed by atoms with E-state index in [0.29, 0.717) is 18.9 Å². The van der Waals surface area contributed by atoms with E-state index in [9.17, 15) is 4.79 Å². The van der Waals surface area contributed by atoms with E-state index in [1.807, 2.05) is 23.1 Å². The van der Waals surface area contributed by atoms with E-state index in [1.165, 1.54) is 0 Å². The van der Waals surface area contributed by atoms with E-state index in [1.54, 1.807) is 25.1 Å². The Bertz CT molecular complexity index is 358. The summed E-state index contributed by atoms with van der Waals surface area (Å²) in [6.07, 6.45) is 1.76. The molecule has 2 heterocycles. The number of carbonyl (C=O) groups excluding carboxylic acids is 1. The summed E-state index contributed by atoms with van der Waals surface area (Å²) in [5.74, 6) is 0.697. The maximum absolute atomic E-state index is 11.7. The first-order valence-corrected chi connectivity index (χ1v) is 6.18. The molecule has 86 valence electrons. The lowest BCUT2D eigenvalue weighted by atomic mass is 10.3. The van der Waals surface area contributed by atoms with Crippen molar-refractivity contribution in [3.63, 3.8) is 0 Å². The Hall–Kier alpha value is -1.07. The zero-order valence-corrected chi connectivity index (χ0v) is 9.94. The predicted octanol–water partition coefficient (Wildman–Crippen LogP) is 1.30. The van der Waals surface area contributed by atoms with Gasteiger partial charge in [-0.2, -0.15) is 0 Å². The molecule has 0 saturated carbocycles. The first-order valence-electron chi connectivity index (χ1n) is 5.14. The van der Waals surface area contributed by atoms with Gasteiger partial charge in [-0.25, -0.2) is 0 Å². The van der Waals surface area contributed by atoms with Gasteiger partial charge < -0.3 is 9.64 Å². The fourth-order valence-electron chi connectivity index (χ4n) is 1.65. The van der Waals surface area contributed by atoms with Crippen LogP contribution in [0.2, 0.25) is 0 Å². The third-order valence-electron chi connectivity index (χ3n) is 2.45. The van der Waals surface area contributed by atoms with Gasteiger partial charge in [-0.3, -0.25) is 9.78 Å². The van der Waals surface area contributed by atoms with E-state index < -0.39 is 0 Å². The minimum absolute atomic E-state index is 0.0452. The fraction of sp³-hybridized carbons (Fsp3) is 0.455. The summed E-state index contributed by atoms with van der Waals surface area (Å²) in [5, 5.41) is 0.0452. The van der Waals surface area contributed by atoms with Gasteiger partial charge in [0.2, 0.25) is 5.91 Å². The minimum Gasteiger partial charge on any atom is -0.383 e. The minimum atomic E-state index is 0.0452. The molecule has 4 nitrogen and oxygen atoms in total. The quantitative estimate of drug-likeness (QED) is 0.793. The van der Waals surface area contributed by atoms with E-state index in [4.69, 9.17) is 4.74 Å². The lowest BCUT2D eigenvalue weighted by molar-refractivity contribution is -0.128. The number of hydrogen-bond acceptors (Lipinski definition) is 4. The van der Waals surface area contributed by atoms with Gasteiger partial charge >= 0.3 is 0 Å². The van der Waals surface area contributed by atoms with Gasteiger partial charge in [0.15, 0.2) is 0 Å². The average Bonchev–Trinajstić information content (AvgIpc) is 2.69. The summed E-state index contributed by atoms with van der Waals surface area (Å²) in [5.41, 5.74) is 0.939. The van der Waals surface area contributed by atoms with Crippen LogP contribution in [-0.4, -0.2) is 41.8 Å². The van der Waals surface area contributed by atoms with Crippen LogP contribution >= 0.6 is 11.8 Å². The third-order valence-corrected chi connectivity index (χ3v) is 3.67. The number of rotatable bonds is 4. The van der Waals surface area contributed by atoms with Crippen molar-refractivity contribution in [1.82, 2.24) is 9.88 Å². The molecule has 0 N–H and O–H groups in total. The highest BCUT2D eigenvalue weighted by Crippen LogP contribution is 2.36. The summed E-state index contributed by atoms with van der Waals surface area (Å²) in [6, 6.07) is 5.78. The monoisotopic (exact) mass is 238 g/mol. The van der Waals surface area contributed by atoms with Crippen molar-refractivity contribution in [2.75, 3.05) is 26.0 Å². The van der Waals surface area contributed by atoms with Crippen molar-refractivity contribution in [3.05, 3.63) is 30.1 Å². The van der Waals surface area contributed by atoms with Crippen molar-refractivity contribution in [2.24, 2.45) is 0 Å². The smallest absolute Gasteiger partial charge is 0.233 e. The largest absolute Gasteiger partial charge is 0.383 e. The third kappa shape index (κ3) is 2.36. The highest BCUT2D eigenvalue weighted by molar-refractivity contribution is 8.00. The van der Waals surface area contributed by atoms with Crippen LogP contribution in [0.5, 0.6) is 0 Å². The van der Waals surface area contributed by atoms with Gasteiger partial charge in [-0.05, 0) is 12.1 Å². The molecule has 1 atom stereocenters. The molecule has 1 aliphatic heterocycles. The number of hydrogen-bond donors (Lipinski definition) is 0. The van der Waals surface area contributed by atoms with Gasteiger partial charge in [-0.1, -0.05) is 6.07 Å². The maximum atomic E-state index is 11.7. The molecule has 2 rings (SSSR count). The van der Waals surface area contributed by atoms with Crippen LogP contribution in [0, 0.1) is 0 Å². The molecule has 5 heteroatoms. The Morgan fingerprint density at radius 3 is 3.19 bits per heavy atom. The van der Waals surface area contributed by atoms with E-state index >= 15 is 0 Å². The number of ether oxygens (including phenoxy) is 1. The summed E-state index contributed by atoms with van der Waals surface area (Å²) >= 11 is 1.62. The van der Waals surface area contributed by atoms with Crippen LogP contribution in [0.1, 0.15) is 11.1 Å². The van der Waals surface area contributed by atoms with Crippen molar-refractivity contribution in [1.29, 1.82) is 0 Å². The first kappa shape index (κ1) is 11.4. The second-order valence-electron chi connectivity index (χ2n) is 3.50. The summed E-state index contributed by atoms with van der Waals surface area (Å²) in [4.78, 5) is 17.8. The summed E-state index contributed by atoms with van der Waals surface area (Å²) < 4.78 is 5.01. The molecule has 1 aromatic rings. The van der Waals surface area contributed by atoms with Gasteiger partial charge in [0, 0.05) is 19.9 Å². The number of thioether (sulfide) groups is 1. The lowest BCUT2D eigenvalue weighted by Crippen LogP contribution is -2.31. The van der Waals surface area contributed by atoms with Crippen LogP contribution in [0.3, 0.4) is 0 Å². The Morgan fingerprint density at radius 2 is 2.50 bits per heavy atom. The number of amides is 1. The highest BCUT2D eigenvalue weighted by Gasteiger charge is 2.32. The number of pyridine rings is 1. The summed E-state index contributed by atoms with van der Waals surface area (Å²) in [6.45, 7) is 1.19. The SMILES string of the molecule is COCCN1C(=O)CSC1c1ccccn1. The van der Waals surface area contributed by atoms with Crippen molar-refractivity contribution in [2.45, 2.75) is 5.37 Å². The Labute approximate surface area is 99.0 Å². The summed E-state index contributed by atoms with van der Waals surface area (Å²) in [7, 11) is 1.64. The van der Waals surface area contributed by atoms with Gasteiger partial charge in [0.1, 0.15) is 5.37 Å². The standard InChI is InChI=1S/C11H14N2O2S/c1-15-7-6-13-10(14)8-16-11(13)9-4-2-3-5-12-9/h2-5,11H,6-8H2,1H3. The number of carbonyl (C=O) groups is 1. The van der Waals surface area contributed by atoms with E-state index in [-0.39, 0.29) is 11.3 Å². The topological polar surface area (TPSA) is 42.4 Å². The van der Waals surface area contributed by atoms with E-state index in [0.717, 1.165) is 5.69 Å². The number of aromatic nitrogens is 1. The molecule has 1 fully saturated rings. The lowest BCUT2D eigenvalue weighted by Gasteiger charge is -2.22. The predicted molar refractivity (Wildman–Crippen MR) is 63.0 cm³/mol. The average molecular weight is 238 g/mol. The molecular formula is C11H14N2O2S. The molecule has 1 aliphatic rings. The molecule has 1 unspecified atom stereocenters. The zero-order chi connectivity index (χ0) is 11.4. The van der Waals surface area contributed by atoms with Crippen LogP contribution in [0.15, 0.2) is 24.4 Å². The van der Waals surface area contributed by atoms with Gasteiger partial charge in [0.25, 0.3) is 0 Å². The van der Waals surface area contributed by atoms with Crippen molar-refractivity contribution < 1.29 is 9.53 Å².